The molecular formula is C35H40FN5O5. The molecule has 1 fully saturated rings. The molecule has 0 spiro atoms. The number of ether oxygens (including phenoxy) is 4. The molecule has 0 unspecified atom stereocenters. The molecule has 1 aromatic heterocycles. The Kier molecular flexibility index (Phi) is 10.9. The number of carbonyl (C=O) groups excluding carboxylic acids is 1. The molecule has 3 aromatic carbocycles. The van der Waals surface area contributed by atoms with Crippen LogP contribution in [0.15, 0.2) is 66.9 Å². The number of anilines is 4. The van der Waals surface area contributed by atoms with Gasteiger partial charge in [0.1, 0.15) is 23.0 Å². The standard InChI is InChI=1S/C35H40FN5O5/c1-24-10-8-11-25(2)32(24)46-35(42)41(30-17-16-28(43-3)22-31(30)44-4)33-29(36)23-37-34(39-33)38-26-12-14-27(15-13-26)45-21-9-20-40-18-6-5-7-19-40/h8,10-17,22-23H,5-7,9,18-21H2,1-4H3,(H,37,38,39). The van der Waals surface area contributed by atoms with Crippen molar-refractivity contribution in [1.82, 2.24) is 14.9 Å². The third kappa shape index (κ3) is 8.02. The molecule has 0 aliphatic carbocycles. The second kappa shape index (κ2) is 15.4. The van der Waals surface area contributed by atoms with E-state index in [1.807, 2.05) is 56.3 Å². The van der Waals surface area contributed by atoms with Crippen molar-refractivity contribution in [1.29, 1.82) is 0 Å². The molecule has 11 heteroatoms. The summed E-state index contributed by atoms with van der Waals surface area (Å²) in [6.45, 7) is 7.68. The molecule has 1 aliphatic rings. The number of carbonyl (C=O) groups is 1. The second-order valence-corrected chi connectivity index (χ2v) is 11.1. The van der Waals surface area contributed by atoms with Crippen LogP contribution in [0.4, 0.5) is 32.3 Å². The van der Waals surface area contributed by atoms with Crippen LogP contribution in [0, 0.1) is 19.7 Å². The highest BCUT2D eigenvalue weighted by Crippen LogP contribution is 2.38. The predicted octanol–water partition coefficient (Wildman–Crippen LogP) is 7.59. The number of hydrogen-bond acceptors (Lipinski definition) is 9. The third-order valence-corrected chi connectivity index (χ3v) is 7.79. The zero-order valence-electron chi connectivity index (χ0n) is 26.7. The van der Waals surface area contributed by atoms with E-state index in [2.05, 4.69) is 20.2 Å². The monoisotopic (exact) mass is 629 g/mol. The van der Waals surface area contributed by atoms with E-state index in [0.717, 1.165) is 40.9 Å². The van der Waals surface area contributed by atoms with Gasteiger partial charge in [-0.15, -0.1) is 0 Å². The summed E-state index contributed by atoms with van der Waals surface area (Å²) in [7, 11) is 2.96. The molecule has 4 aromatic rings. The number of piperidine rings is 1. The number of aryl methyl sites for hydroxylation is 2. The number of amides is 1. The summed E-state index contributed by atoms with van der Waals surface area (Å²) in [5.74, 6) is 0.758. The number of nitrogens with zero attached hydrogens (tertiary/aromatic N) is 4. The van der Waals surface area contributed by atoms with Crippen molar-refractivity contribution in [3.05, 3.63) is 83.8 Å². The Morgan fingerprint density at radius 1 is 0.957 bits per heavy atom. The number of hydrogen-bond donors (Lipinski definition) is 1. The Bertz CT molecular complexity index is 1610. The number of benzene rings is 3. The van der Waals surface area contributed by atoms with Gasteiger partial charge in [-0.1, -0.05) is 24.6 Å². The topological polar surface area (TPSA) is 98.3 Å². The van der Waals surface area contributed by atoms with E-state index >= 15 is 4.39 Å². The van der Waals surface area contributed by atoms with Crippen LogP contribution in [-0.2, 0) is 0 Å². The van der Waals surface area contributed by atoms with Crippen LogP contribution in [0.2, 0.25) is 0 Å². The van der Waals surface area contributed by atoms with Gasteiger partial charge in [-0.25, -0.2) is 19.1 Å². The summed E-state index contributed by atoms with van der Waals surface area (Å²) in [5.41, 5.74) is 2.35. The molecule has 0 radical (unpaired) electrons. The molecule has 5 rings (SSSR count). The number of rotatable bonds is 12. The number of aromatic nitrogens is 2. The number of halogens is 1. The molecule has 46 heavy (non-hydrogen) atoms. The van der Waals surface area contributed by atoms with Crippen molar-refractivity contribution in [2.75, 3.05) is 50.7 Å². The van der Waals surface area contributed by atoms with E-state index < -0.39 is 11.9 Å². The maximum Gasteiger partial charge on any atom is 0.425 e. The lowest BCUT2D eigenvalue weighted by Crippen LogP contribution is -2.31. The smallest absolute Gasteiger partial charge is 0.425 e. The lowest BCUT2D eigenvalue weighted by Gasteiger charge is -2.26. The molecule has 1 aliphatic heterocycles. The van der Waals surface area contributed by atoms with E-state index in [0.29, 0.717) is 23.8 Å². The van der Waals surface area contributed by atoms with Crippen LogP contribution >= 0.6 is 0 Å². The van der Waals surface area contributed by atoms with E-state index in [4.69, 9.17) is 18.9 Å². The highest BCUT2D eigenvalue weighted by Gasteiger charge is 2.29. The fraction of sp³-hybridized carbons (Fsp3) is 0.343. The Balaban J connectivity index is 1.36. The average molecular weight is 630 g/mol. The van der Waals surface area contributed by atoms with Crippen LogP contribution < -0.4 is 29.2 Å². The highest BCUT2D eigenvalue weighted by atomic mass is 19.1. The minimum Gasteiger partial charge on any atom is -0.497 e. The molecule has 0 bridgehead atoms. The van der Waals surface area contributed by atoms with E-state index in [1.54, 1.807) is 18.2 Å². The van der Waals surface area contributed by atoms with Gasteiger partial charge in [-0.3, -0.25) is 0 Å². The van der Waals surface area contributed by atoms with Crippen molar-refractivity contribution in [2.45, 2.75) is 39.5 Å². The van der Waals surface area contributed by atoms with E-state index in [1.165, 1.54) is 46.6 Å². The van der Waals surface area contributed by atoms with Gasteiger partial charge in [-0.2, -0.15) is 4.98 Å². The maximum atomic E-state index is 15.5. The van der Waals surface area contributed by atoms with Gasteiger partial charge in [-0.05, 0) is 93.7 Å². The zero-order valence-corrected chi connectivity index (χ0v) is 26.7. The summed E-state index contributed by atoms with van der Waals surface area (Å²) in [5, 5.41) is 3.09. The van der Waals surface area contributed by atoms with Gasteiger partial charge in [0.05, 0.1) is 32.7 Å². The van der Waals surface area contributed by atoms with Gasteiger partial charge >= 0.3 is 6.09 Å². The minimum atomic E-state index is -0.883. The molecule has 0 saturated carbocycles. The maximum absolute atomic E-state index is 15.5. The van der Waals surface area contributed by atoms with Crippen molar-refractivity contribution in [3.63, 3.8) is 0 Å². The van der Waals surface area contributed by atoms with Gasteiger partial charge in [0, 0.05) is 18.3 Å². The quantitative estimate of drug-likeness (QED) is 0.159. The van der Waals surface area contributed by atoms with E-state index in [-0.39, 0.29) is 23.2 Å². The summed E-state index contributed by atoms with van der Waals surface area (Å²) in [4.78, 5) is 25.9. The first-order chi connectivity index (χ1) is 22.4. The molecule has 242 valence electrons. The molecular weight excluding hydrogens is 589 g/mol. The number of methoxy groups -OCH3 is 2. The largest absolute Gasteiger partial charge is 0.497 e. The first-order valence-corrected chi connectivity index (χ1v) is 15.4. The molecule has 0 atom stereocenters. The Morgan fingerprint density at radius 3 is 2.37 bits per heavy atom. The summed E-state index contributed by atoms with van der Waals surface area (Å²) in [6.07, 6.45) is 4.96. The zero-order chi connectivity index (χ0) is 32.5. The fourth-order valence-corrected chi connectivity index (χ4v) is 5.36. The first kappa shape index (κ1) is 32.5. The van der Waals surface area contributed by atoms with Crippen LogP contribution in [0.5, 0.6) is 23.0 Å². The van der Waals surface area contributed by atoms with Gasteiger partial charge in [0.2, 0.25) is 5.95 Å². The van der Waals surface area contributed by atoms with Crippen molar-refractivity contribution >= 4 is 29.2 Å². The van der Waals surface area contributed by atoms with Gasteiger partial charge in [0.25, 0.3) is 0 Å². The lowest BCUT2D eigenvalue weighted by atomic mass is 10.1. The minimum absolute atomic E-state index is 0.0731. The third-order valence-electron chi connectivity index (χ3n) is 7.79. The highest BCUT2D eigenvalue weighted by molar-refractivity contribution is 5.98. The van der Waals surface area contributed by atoms with Crippen molar-refractivity contribution in [2.24, 2.45) is 0 Å². The van der Waals surface area contributed by atoms with Gasteiger partial charge in [0.15, 0.2) is 11.6 Å². The second-order valence-electron chi connectivity index (χ2n) is 11.1. The molecule has 2 heterocycles. The molecule has 10 nitrogen and oxygen atoms in total. The summed E-state index contributed by atoms with van der Waals surface area (Å²) in [6, 6.07) is 17.7. The lowest BCUT2D eigenvalue weighted by molar-refractivity contribution is 0.205. The van der Waals surface area contributed by atoms with E-state index in [9.17, 15) is 4.79 Å². The average Bonchev–Trinajstić information content (AvgIpc) is 3.07. The number of nitrogens with one attached hydrogen (secondary N) is 1. The number of para-hydroxylation sites is 1. The predicted molar refractivity (Wildman–Crippen MR) is 176 cm³/mol. The van der Waals surface area contributed by atoms with Crippen molar-refractivity contribution < 1.29 is 28.1 Å². The molecule has 1 amide bonds. The Morgan fingerprint density at radius 2 is 1.67 bits per heavy atom. The van der Waals surface area contributed by atoms with Crippen molar-refractivity contribution in [3.8, 4) is 23.0 Å². The van der Waals surface area contributed by atoms with Crippen LogP contribution in [-0.4, -0.2) is 61.4 Å². The Hall–Kier alpha value is -4.90. The summed E-state index contributed by atoms with van der Waals surface area (Å²) >= 11 is 0. The SMILES string of the molecule is COc1ccc(N(C(=O)Oc2c(C)cccc2C)c2nc(Nc3ccc(OCCCN4CCCCC4)cc3)ncc2F)c(OC)c1. The molecule has 1 N–H and O–H groups in total. The van der Waals surface area contributed by atoms with Crippen LogP contribution in [0.3, 0.4) is 0 Å². The molecule has 1 saturated heterocycles. The van der Waals surface area contributed by atoms with Gasteiger partial charge < -0.3 is 29.2 Å². The van der Waals surface area contributed by atoms with Crippen LogP contribution in [0.25, 0.3) is 0 Å². The fourth-order valence-electron chi connectivity index (χ4n) is 5.36. The summed E-state index contributed by atoms with van der Waals surface area (Å²) < 4.78 is 38.2. The normalized spacial score (nSPS) is 13.2. The number of likely N-dealkylation sites (tertiary alicyclic amines) is 1. The Labute approximate surface area is 269 Å². The van der Waals surface area contributed by atoms with Crippen LogP contribution in [0.1, 0.15) is 36.8 Å². The first-order valence-electron chi connectivity index (χ1n) is 15.4.